The highest BCUT2D eigenvalue weighted by Gasteiger charge is 2.05. The van der Waals surface area contributed by atoms with Gasteiger partial charge in [0.25, 0.3) is 0 Å². The highest BCUT2D eigenvalue weighted by Crippen LogP contribution is 2.08. The van der Waals surface area contributed by atoms with E-state index in [2.05, 4.69) is 63.2 Å². The van der Waals surface area contributed by atoms with Gasteiger partial charge in [-0.05, 0) is 37.5 Å². The summed E-state index contributed by atoms with van der Waals surface area (Å²) < 4.78 is 0. The summed E-state index contributed by atoms with van der Waals surface area (Å²) in [5.74, 6) is 0. The number of hydrogen-bond acceptors (Lipinski definition) is 0. The average molecular weight is 224 g/mol. The largest absolute Gasteiger partial charge is 0.121 e. The molecule has 0 fully saturated rings. The normalized spacial score (nSPS) is 10.4. The molecular formula is C15H16Si. The van der Waals surface area contributed by atoms with Crippen LogP contribution in [0.25, 0.3) is 0 Å². The Labute approximate surface area is 100 Å². The van der Waals surface area contributed by atoms with Crippen molar-refractivity contribution in [2.24, 2.45) is 0 Å². The highest BCUT2D eigenvalue weighted by atomic mass is 28.2. The second-order valence-electron chi connectivity index (χ2n) is 4.17. The Morgan fingerprint density at radius 3 is 2.12 bits per heavy atom. The highest BCUT2D eigenvalue weighted by molar-refractivity contribution is 6.67. The minimum absolute atomic E-state index is 0.768. The summed E-state index contributed by atoms with van der Waals surface area (Å²) in [4.78, 5) is 0. The Morgan fingerprint density at radius 1 is 0.750 bits per heavy atom. The zero-order chi connectivity index (χ0) is 11.5. The average Bonchev–Trinajstić information content (AvgIpc) is 2.31. The van der Waals surface area contributed by atoms with E-state index >= 15 is 0 Å². The predicted molar refractivity (Wildman–Crippen MR) is 72.1 cm³/mol. The maximum absolute atomic E-state index is 2.27. The van der Waals surface area contributed by atoms with Gasteiger partial charge in [0, 0.05) is 0 Å². The van der Waals surface area contributed by atoms with Crippen LogP contribution in [0, 0.1) is 20.8 Å². The van der Waals surface area contributed by atoms with E-state index in [-0.39, 0.29) is 0 Å². The van der Waals surface area contributed by atoms with E-state index in [1.54, 1.807) is 0 Å². The quantitative estimate of drug-likeness (QED) is 0.687. The maximum atomic E-state index is 2.27. The van der Waals surface area contributed by atoms with Gasteiger partial charge >= 0.3 is 0 Å². The number of aryl methyl sites for hydroxylation is 1. The summed E-state index contributed by atoms with van der Waals surface area (Å²) >= 11 is 0. The summed E-state index contributed by atoms with van der Waals surface area (Å²) in [6.07, 6.45) is 0. The van der Waals surface area contributed by atoms with Crippen molar-refractivity contribution in [1.82, 2.24) is 0 Å². The van der Waals surface area contributed by atoms with Gasteiger partial charge in [-0.1, -0.05) is 52.8 Å². The molecule has 2 aromatic rings. The lowest BCUT2D eigenvalue weighted by Crippen LogP contribution is -2.29. The molecule has 2 rings (SSSR count). The van der Waals surface area contributed by atoms with Crippen LogP contribution in [0.1, 0.15) is 16.7 Å². The molecule has 0 aliphatic heterocycles. The molecule has 80 valence electrons. The molecule has 1 heteroatoms. The summed E-state index contributed by atoms with van der Waals surface area (Å²) in [6, 6.07) is 15.2. The Morgan fingerprint density at radius 2 is 1.44 bits per heavy atom. The molecule has 0 spiro atoms. The lowest BCUT2D eigenvalue weighted by Gasteiger charge is -2.10. The summed E-state index contributed by atoms with van der Waals surface area (Å²) in [5, 5.41) is 2.88. The van der Waals surface area contributed by atoms with E-state index < -0.39 is 0 Å². The van der Waals surface area contributed by atoms with Crippen molar-refractivity contribution in [3.8, 4) is 0 Å². The molecule has 0 aliphatic rings. The topological polar surface area (TPSA) is 0 Å². The third-order valence-electron chi connectivity index (χ3n) is 3.11. The van der Waals surface area contributed by atoms with E-state index in [1.165, 1.54) is 27.1 Å². The van der Waals surface area contributed by atoms with Gasteiger partial charge in [-0.3, -0.25) is 0 Å². The molecule has 0 amide bonds. The van der Waals surface area contributed by atoms with Gasteiger partial charge in [-0.25, -0.2) is 0 Å². The number of rotatable bonds is 2. The van der Waals surface area contributed by atoms with Gasteiger partial charge in [-0.2, -0.15) is 0 Å². The van der Waals surface area contributed by atoms with Crippen molar-refractivity contribution in [2.45, 2.75) is 20.8 Å². The molecule has 0 heterocycles. The first-order valence-electron chi connectivity index (χ1n) is 5.57. The van der Waals surface area contributed by atoms with Crippen LogP contribution in [0.3, 0.4) is 0 Å². The zero-order valence-electron chi connectivity index (χ0n) is 10.0. The Bertz CT molecular complexity index is 486. The first-order valence-corrected chi connectivity index (χ1v) is 6.57. The molecule has 0 aliphatic carbocycles. The van der Waals surface area contributed by atoms with E-state index in [1.807, 2.05) is 0 Å². The summed E-state index contributed by atoms with van der Waals surface area (Å²) in [6.45, 7) is 6.62. The van der Waals surface area contributed by atoms with Crippen LogP contribution in [-0.2, 0) is 0 Å². The van der Waals surface area contributed by atoms with Gasteiger partial charge in [0.1, 0.15) is 9.52 Å². The molecule has 0 unspecified atom stereocenters. The van der Waals surface area contributed by atoms with Crippen molar-refractivity contribution in [3.63, 3.8) is 0 Å². The molecule has 0 aromatic heterocycles. The van der Waals surface area contributed by atoms with Crippen molar-refractivity contribution < 1.29 is 0 Å². The molecule has 0 atom stereocenters. The lowest BCUT2D eigenvalue weighted by molar-refractivity contribution is 1.28. The molecule has 0 bridgehead atoms. The Balaban J connectivity index is 2.33. The number of benzene rings is 2. The van der Waals surface area contributed by atoms with E-state index in [4.69, 9.17) is 0 Å². The third-order valence-corrected chi connectivity index (χ3v) is 4.54. The van der Waals surface area contributed by atoms with Gasteiger partial charge in [0.05, 0.1) is 0 Å². The standard InChI is InChI=1S/C15H16Si/c1-11-9-10-15(13(3)12(11)2)16-14-7-5-4-6-8-14/h4-10H,1-3H3. The fraction of sp³-hybridized carbons (Fsp3) is 0.200. The fourth-order valence-electron chi connectivity index (χ4n) is 1.77. The summed E-state index contributed by atoms with van der Waals surface area (Å²) in [7, 11) is 0.768. The van der Waals surface area contributed by atoms with Crippen LogP contribution in [0.2, 0.25) is 0 Å². The maximum Gasteiger partial charge on any atom is 0.121 e. The van der Waals surface area contributed by atoms with Crippen LogP contribution in [-0.4, -0.2) is 9.52 Å². The van der Waals surface area contributed by atoms with Crippen LogP contribution in [0.15, 0.2) is 42.5 Å². The van der Waals surface area contributed by atoms with Gasteiger partial charge < -0.3 is 0 Å². The van der Waals surface area contributed by atoms with Crippen LogP contribution >= 0.6 is 0 Å². The molecule has 0 saturated heterocycles. The SMILES string of the molecule is Cc1ccc([Si]c2ccccc2)c(C)c1C. The second kappa shape index (κ2) is 4.66. The van der Waals surface area contributed by atoms with Crippen LogP contribution in [0.4, 0.5) is 0 Å². The summed E-state index contributed by atoms with van der Waals surface area (Å²) in [5.41, 5.74) is 4.27. The molecule has 2 aromatic carbocycles. The van der Waals surface area contributed by atoms with Gasteiger partial charge in [-0.15, -0.1) is 0 Å². The fourth-order valence-corrected chi connectivity index (χ4v) is 2.98. The minimum Gasteiger partial charge on any atom is -0.0631 e. The van der Waals surface area contributed by atoms with E-state index in [0.29, 0.717) is 0 Å². The second-order valence-corrected chi connectivity index (χ2v) is 5.54. The first kappa shape index (κ1) is 11.2. The van der Waals surface area contributed by atoms with Crippen molar-refractivity contribution in [3.05, 3.63) is 59.2 Å². The van der Waals surface area contributed by atoms with E-state index in [9.17, 15) is 0 Å². The van der Waals surface area contributed by atoms with Crippen molar-refractivity contribution in [2.75, 3.05) is 0 Å². The molecule has 16 heavy (non-hydrogen) atoms. The third kappa shape index (κ3) is 2.25. The molecule has 0 saturated carbocycles. The van der Waals surface area contributed by atoms with E-state index in [0.717, 1.165) is 9.52 Å². The van der Waals surface area contributed by atoms with Crippen LogP contribution in [0.5, 0.6) is 0 Å². The molecular weight excluding hydrogens is 208 g/mol. The van der Waals surface area contributed by atoms with Crippen molar-refractivity contribution >= 4 is 19.9 Å². The molecule has 2 radical (unpaired) electrons. The van der Waals surface area contributed by atoms with Crippen LogP contribution < -0.4 is 10.4 Å². The predicted octanol–water partition coefficient (Wildman–Crippen LogP) is 2.27. The zero-order valence-corrected chi connectivity index (χ0v) is 11.0. The van der Waals surface area contributed by atoms with Gasteiger partial charge in [0.2, 0.25) is 0 Å². The monoisotopic (exact) mass is 224 g/mol. The molecule has 0 nitrogen and oxygen atoms in total. The first-order chi connectivity index (χ1) is 7.68. The molecule has 0 N–H and O–H groups in total. The van der Waals surface area contributed by atoms with Gasteiger partial charge in [0.15, 0.2) is 0 Å². The minimum atomic E-state index is 0.768. The van der Waals surface area contributed by atoms with Crippen molar-refractivity contribution in [1.29, 1.82) is 0 Å². The lowest BCUT2D eigenvalue weighted by atomic mass is 10.1. The smallest absolute Gasteiger partial charge is 0.0631 e. The Hall–Kier alpha value is -1.34. The number of hydrogen-bond donors (Lipinski definition) is 0. The Kier molecular flexibility index (Phi) is 3.25.